The molecule has 72 valence electrons. The van der Waals surface area contributed by atoms with E-state index in [-0.39, 0.29) is 5.69 Å². The molecular weight excluding hydrogens is 182 g/mol. The molecule has 2 aromatic heterocycles. The van der Waals surface area contributed by atoms with E-state index < -0.39 is 0 Å². The molecule has 2 aromatic rings. The molecule has 0 aliphatic carbocycles. The first-order valence-electron chi connectivity index (χ1n) is 4.03. The number of nitrogens with one attached hydrogen (secondary N) is 1. The van der Waals surface area contributed by atoms with Gasteiger partial charge in [-0.2, -0.15) is 5.10 Å². The second kappa shape index (κ2) is 2.99. The molecule has 0 atom stereocenters. The lowest BCUT2D eigenvalue weighted by Crippen LogP contribution is -2.16. The Morgan fingerprint density at radius 1 is 1.57 bits per heavy atom. The fraction of sp³-hybridized carbons (Fsp3) is 0.125. The highest BCUT2D eigenvalue weighted by atomic mass is 16.1. The minimum atomic E-state index is -0.314. The average molecular weight is 191 g/mol. The summed E-state index contributed by atoms with van der Waals surface area (Å²) in [5.41, 5.74) is 6.63. The van der Waals surface area contributed by atoms with Crippen molar-refractivity contribution in [3.05, 3.63) is 34.6 Å². The Kier molecular flexibility index (Phi) is 1.81. The van der Waals surface area contributed by atoms with Gasteiger partial charge < -0.3 is 5.73 Å². The molecular formula is C8H9N5O. The first-order chi connectivity index (χ1) is 6.68. The smallest absolute Gasteiger partial charge is 0.348 e. The molecule has 0 unspecified atom stereocenters. The Labute approximate surface area is 79.4 Å². The van der Waals surface area contributed by atoms with Gasteiger partial charge in [-0.1, -0.05) is 0 Å². The van der Waals surface area contributed by atoms with Crippen LogP contribution in [0.5, 0.6) is 0 Å². The number of hydrogen-bond donors (Lipinski definition) is 2. The van der Waals surface area contributed by atoms with E-state index in [0.29, 0.717) is 11.5 Å². The molecule has 0 saturated carbocycles. The number of H-pyrrole nitrogens is 1. The summed E-state index contributed by atoms with van der Waals surface area (Å²) in [6, 6.07) is 1.75. The zero-order chi connectivity index (χ0) is 10.1. The summed E-state index contributed by atoms with van der Waals surface area (Å²) in [7, 11) is 0. The SMILES string of the molecule is Cc1cc(N)cnc1-n1cn[nH]c1=O. The lowest BCUT2D eigenvalue weighted by molar-refractivity contribution is 0.928. The maximum Gasteiger partial charge on any atom is 0.348 e. The monoisotopic (exact) mass is 191 g/mol. The van der Waals surface area contributed by atoms with E-state index in [9.17, 15) is 4.79 Å². The summed E-state index contributed by atoms with van der Waals surface area (Å²) in [6.45, 7) is 1.83. The standard InChI is InChI=1S/C8H9N5O/c1-5-2-6(9)3-10-7(5)13-4-11-12-8(13)14/h2-4H,9H2,1H3,(H,12,14). The third kappa shape index (κ3) is 1.26. The molecule has 2 heterocycles. The average Bonchev–Trinajstić information content (AvgIpc) is 2.52. The van der Waals surface area contributed by atoms with Crippen LogP contribution >= 0.6 is 0 Å². The van der Waals surface area contributed by atoms with Crippen LogP contribution in [0.15, 0.2) is 23.4 Å². The van der Waals surface area contributed by atoms with Crippen molar-refractivity contribution in [2.24, 2.45) is 0 Å². The normalized spacial score (nSPS) is 10.4. The van der Waals surface area contributed by atoms with E-state index in [2.05, 4.69) is 15.2 Å². The Morgan fingerprint density at radius 3 is 2.93 bits per heavy atom. The van der Waals surface area contributed by atoms with Gasteiger partial charge in [0.1, 0.15) is 12.1 Å². The van der Waals surface area contributed by atoms with E-state index >= 15 is 0 Å². The van der Waals surface area contributed by atoms with Crippen molar-refractivity contribution in [2.45, 2.75) is 6.92 Å². The van der Waals surface area contributed by atoms with Crippen LogP contribution < -0.4 is 11.4 Å². The van der Waals surface area contributed by atoms with Crippen LogP contribution in [0.1, 0.15) is 5.56 Å². The molecule has 0 aliphatic rings. The number of nitrogens with two attached hydrogens (primary N) is 1. The van der Waals surface area contributed by atoms with Gasteiger partial charge >= 0.3 is 5.69 Å². The molecule has 3 N–H and O–H groups in total. The second-order valence-electron chi connectivity index (χ2n) is 2.94. The summed E-state index contributed by atoms with van der Waals surface area (Å²) in [5.74, 6) is 0.540. The molecule has 0 fully saturated rings. The fourth-order valence-corrected chi connectivity index (χ4v) is 1.24. The second-order valence-corrected chi connectivity index (χ2v) is 2.94. The molecule has 0 spiro atoms. The van der Waals surface area contributed by atoms with Crippen LogP contribution in [0, 0.1) is 6.92 Å². The number of aromatic nitrogens is 4. The number of aryl methyl sites for hydroxylation is 1. The van der Waals surface area contributed by atoms with Crippen LogP contribution in [-0.2, 0) is 0 Å². The van der Waals surface area contributed by atoms with E-state index in [1.807, 2.05) is 6.92 Å². The number of aromatic amines is 1. The first-order valence-corrected chi connectivity index (χ1v) is 4.03. The third-order valence-corrected chi connectivity index (χ3v) is 1.85. The van der Waals surface area contributed by atoms with Crippen LogP contribution in [0.25, 0.3) is 5.82 Å². The van der Waals surface area contributed by atoms with Crippen LogP contribution in [0.2, 0.25) is 0 Å². The summed E-state index contributed by atoms with van der Waals surface area (Å²) in [5, 5.41) is 5.91. The molecule has 0 aromatic carbocycles. The zero-order valence-corrected chi connectivity index (χ0v) is 7.56. The summed E-state index contributed by atoms with van der Waals surface area (Å²) in [4.78, 5) is 15.3. The Hall–Kier alpha value is -2.11. The van der Waals surface area contributed by atoms with Crippen molar-refractivity contribution < 1.29 is 0 Å². The molecule has 6 nitrogen and oxygen atoms in total. The van der Waals surface area contributed by atoms with Gasteiger partial charge in [-0.05, 0) is 18.6 Å². The number of pyridine rings is 1. The molecule has 14 heavy (non-hydrogen) atoms. The highest BCUT2D eigenvalue weighted by Gasteiger charge is 2.05. The topological polar surface area (TPSA) is 89.6 Å². The predicted octanol–water partition coefficient (Wildman–Crippen LogP) is -0.154. The number of rotatable bonds is 1. The molecule has 0 amide bonds. The van der Waals surface area contributed by atoms with Crippen molar-refractivity contribution in [3.63, 3.8) is 0 Å². The van der Waals surface area contributed by atoms with Gasteiger partial charge in [0.05, 0.1) is 11.9 Å². The minimum Gasteiger partial charge on any atom is -0.397 e. The fourth-order valence-electron chi connectivity index (χ4n) is 1.24. The molecule has 6 heteroatoms. The van der Waals surface area contributed by atoms with Crippen molar-refractivity contribution in [1.82, 2.24) is 19.7 Å². The van der Waals surface area contributed by atoms with E-state index in [4.69, 9.17) is 5.73 Å². The molecule has 0 bridgehead atoms. The number of anilines is 1. The van der Waals surface area contributed by atoms with Crippen LogP contribution in [0.4, 0.5) is 5.69 Å². The van der Waals surface area contributed by atoms with Gasteiger partial charge in [0.2, 0.25) is 0 Å². The van der Waals surface area contributed by atoms with E-state index in [1.165, 1.54) is 17.1 Å². The number of nitrogen functional groups attached to an aromatic ring is 1. The molecule has 0 radical (unpaired) electrons. The highest BCUT2D eigenvalue weighted by Crippen LogP contribution is 2.10. The van der Waals surface area contributed by atoms with E-state index in [0.717, 1.165) is 5.56 Å². The molecule has 2 rings (SSSR count). The largest absolute Gasteiger partial charge is 0.397 e. The lowest BCUT2D eigenvalue weighted by atomic mass is 10.2. The van der Waals surface area contributed by atoms with Gasteiger partial charge in [-0.25, -0.2) is 19.4 Å². The van der Waals surface area contributed by atoms with Gasteiger partial charge in [-0.15, -0.1) is 0 Å². The molecule has 0 saturated heterocycles. The van der Waals surface area contributed by atoms with Gasteiger partial charge in [-0.3, -0.25) is 0 Å². The van der Waals surface area contributed by atoms with Crippen molar-refractivity contribution >= 4 is 5.69 Å². The lowest BCUT2D eigenvalue weighted by Gasteiger charge is -2.03. The molecule has 0 aliphatic heterocycles. The Morgan fingerprint density at radius 2 is 2.36 bits per heavy atom. The maximum absolute atomic E-state index is 11.2. The predicted molar refractivity (Wildman–Crippen MR) is 51.1 cm³/mol. The highest BCUT2D eigenvalue weighted by molar-refractivity contribution is 5.44. The van der Waals surface area contributed by atoms with Crippen LogP contribution in [0.3, 0.4) is 0 Å². The van der Waals surface area contributed by atoms with Gasteiger partial charge in [0.25, 0.3) is 0 Å². The van der Waals surface area contributed by atoms with Crippen molar-refractivity contribution in [1.29, 1.82) is 0 Å². The number of nitrogens with zero attached hydrogens (tertiary/aromatic N) is 3. The van der Waals surface area contributed by atoms with Crippen molar-refractivity contribution in [3.8, 4) is 5.82 Å². The third-order valence-electron chi connectivity index (χ3n) is 1.85. The summed E-state index contributed by atoms with van der Waals surface area (Å²) in [6.07, 6.45) is 2.88. The first kappa shape index (κ1) is 8.49. The van der Waals surface area contributed by atoms with Crippen LogP contribution in [-0.4, -0.2) is 19.7 Å². The summed E-state index contributed by atoms with van der Waals surface area (Å²) < 4.78 is 1.33. The van der Waals surface area contributed by atoms with Gasteiger partial charge in [0.15, 0.2) is 0 Å². The summed E-state index contributed by atoms with van der Waals surface area (Å²) >= 11 is 0. The Balaban J connectivity index is 2.63. The van der Waals surface area contributed by atoms with Gasteiger partial charge in [0, 0.05) is 0 Å². The van der Waals surface area contributed by atoms with E-state index in [1.54, 1.807) is 6.07 Å². The quantitative estimate of drug-likeness (QED) is 0.655. The Bertz CT molecular complexity index is 512. The minimum absolute atomic E-state index is 0.314. The maximum atomic E-state index is 11.2. The number of hydrogen-bond acceptors (Lipinski definition) is 4. The zero-order valence-electron chi connectivity index (χ0n) is 7.56. The van der Waals surface area contributed by atoms with Crippen molar-refractivity contribution in [2.75, 3.05) is 5.73 Å².